The van der Waals surface area contributed by atoms with Crippen molar-refractivity contribution < 1.29 is 9.59 Å². The number of anilines is 1. The van der Waals surface area contributed by atoms with E-state index in [4.69, 9.17) is 5.73 Å². The van der Waals surface area contributed by atoms with E-state index < -0.39 is 5.91 Å². The lowest BCUT2D eigenvalue weighted by molar-refractivity contribution is 0.0995. The molecule has 0 aliphatic rings. The second-order valence-electron chi connectivity index (χ2n) is 4.43. The summed E-state index contributed by atoms with van der Waals surface area (Å²) in [6.45, 7) is 2.05. The molecule has 0 radical (unpaired) electrons. The highest BCUT2D eigenvalue weighted by Crippen LogP contribution is 2.12. The average molecular weight is 272 g/mol. The lowest BCUT2D eigenvalue weighted by Crippen LogP contribution is -2.14. The van der Waals surface area contributed by atoms with E-state index in [0.717, 1.165) is 18.5 Å². The zero-order valence-corrected chi connectivity index (χ0v) is 11.1. The van der Waals surface area contributed by atoms with Gasteiger partial charge in [-0.05, 0) is 30.7 Å². The van der Waals surface area contributed by atoms with E-state index in [9.17, 15) is 9.59 Å². The van der Waals surface area contributed by atoms with Crippen LogP contribution in [-0.4, -0.2) is 22.0 Å². The van der Waals surface area contributed by atoms with Crippen molar-refractivity contribution in [3.63, 3.8) is 0 Å². The van der Waals surface area contributed by atoms with Crippen molar-refractivity contribution >= 4 is 17.5 Å². The second kappa shape index (κ2) is 6.01. The number of carbonyl (C=O) groups excluding carboxylic acids is 2. The number of amides is 2. The maximum atomic E-state index is 12.0. The molecule has 0 saturated carbocycles. The van der Waals surface area contributed by atoms with Gasteiger partial charge in [-0.25, -0.2) is 0 Å². The molecule has 0 bridgehead atoms. The summed E-state index contributed by atoms with van der Waals surface area (Å²) in [5, 5.41) is 9.46. The Bertz CT molecular complexity index is 634. The van der Waals surface area contributed by atoms with Gasteiger partial charge in [0.25, 0.3) is 5.91 Å². The van der Waals surface area contributed by atoms with Crippen molar-refractivity contribution in [3.05, 3.63) is 47.3 Å². The normalized spacial score (nSPS) is 10.2. The van der Waals surface area contributed by atoms with Crippen LogP contribution in [0, 0.1) is 0 Å². The van der Waals surface area contributed by atoms with Gasteiger partial charge in [0, 0.05) is 16.9 Å². The molecule has 0 unspecified atom stereocenters. The molecule has 0 fully saturated rings. The van der Waals surface area contributed by atoms with Crippen LogP contribution < -0.4 is 11.1 Å². The number of primary amides is 1. The number of H-pyrrole nitrogens is 1. The Morgan fingerprint density at radius 3 is 2.85 bits per heavy atom. The fourth-order valence-corrected chi connectivity index (χ4v) is 1.82. The fourth-order valence-electron chi connectivity index (χ4n) is 1.82. The van der Waals surface area contributed by atoms with E-state index in [1.807, 2.05) is 0 Å². The van der Waals surface area contributed by atoms with Gasteiger partial charge in [-0.1, -0.05) is 19.4 Å². The summed E-state index contributed by atoms with van der Waals surface area (Å²) >= 11 is 0. The number of aromatic amines is 1. The van der Waals surface area contributed by atoms with Crippen molar-refractivity contribution in [2.75, 3.05) is 5.32 Å². The smallest absolute Gasteiger partial charge is 0.276 e. The first kappa shape index (κ1) is 13.8. The van der Waals surface area contributed by atoms with Gasteiger partial charge in [0.1, 0.15) is 0 Å². The number of rotatable bonds is 5. The minimum atomic E-state index is -0.536. The largest absolute Gasteiger partial charge is 0.366 e. The van der Waals surface area contributed by atoms with Gasteiger partial charge >= 0.3 is 0 Å². The molecule has 2 rings (SSSR count). The summed E-state index contributed by atoms with van der Waals surface area (Å²) in [5.74, 6) is -0.865. The van der Waals surface area contributed by atoms with Crippen molar-refractivity contribution in [1.29, 1.82) is 0 Å². The summed E-state index contributed by atoms with van der Waals surface area (Å²) in [6, 6.07) is 8.18. The monoisotopic (exact) mass is 272 g/mol. The summed E-state index contributed by atoms with van der Waals surface area (Å²) < 4.78 is 0. The number of nitrogens with zero attached hydrogens (tertiary/aromatic N) is 1. The van der Waals surface area contributed by atoms with E-state index in [-0.39, 0.29) is 5.91 Å². The lowest BCUT2D eigenvalue weighted by Gasteiger charge is -2.04. The molecule has 1 aromatic heterocycles. The molecule has 2 amide bonds. The molecule has 104 valence electrons. The second-order valence-corrected chi connectivity index (χ2v) is 4.43. The molecule has 6 nitrogen and oxygen atoms in total. The Balaban J connectivity index is 2.10. The minimum absolute atomic E-state index is 0.318. The van der Waals surface area contributed by atoms with E-state index >= 15 is 0 Å². The Morgan fingerprint density at radius 2 is 2.15 bits per heavy atom. The van der Waals surface area contributed by atoms with Crippen molar-refractivity contribution in [1.82, 2.24) is 10.2 Å². The molecule has 0 atom stereocenters. The topological polar surface area (TPSA) is 101 Å². The summed E-state index contributed by atoms with van der Waals surface area (Å²) in [4.78, 5) is 23.1. The Morgan fingerprint density at radius 1 is 1.35 bits per heavy atom. The van der Waals surface area contributed by atoms with Crippen molar-refractivity contribution in [2.45, 2.75) is 19.8 Å². The van der Waals surface area contributed by atoms with Crippen LogP contribution in [-0.2, 0) is 6.42 Å². The number of carbonyl (C=O) groups is 2. The minimum Gasteiger partial charge on any atom is -0.366 e. The predicted octanol–water partition coefficient (Wildman–Crippen LogP) is 1.71. The zero-order valence-electron chi connectivity index (χ0n) is 11.1. The fraction of sp³-hybridized carbons (Fsp3) is 0.214. The number of nitrogens with one attached hydrogen (secondary N) is 2. The number of hydrogen-bond donors (Lipinski definition) is 3. The van der Waals surface area contributed by atoms with Crippen LogP contribution >= 0.6 is 0 Å². The Hall–Kier alpha value is -2.63. The molecule has 1 aromatic carbocycles. The number of hydrogen-bond acceptors (Lipinski definition) is 3. The number of nitrogens with two attached hydrogens (primary N) is 1. The van der Waals surface area contributed by atoms with Crippen LogP contribution in [0.15, 0.2) is 30.3 Å². The predicted molar refractivity (Wildman–Crippen MR) is 75.5 cm³/mol. The molecule has 0 saturated heterocycles. The zero-order chi connectivity index (χ0) is 14.5. The highest BCUT2D eigenvalue weighted by Gasteiger charge is 2.11. The van der Waals surface area contributed by atoms with Gasteiger partial charge in [-0.3, -0.25) is 14.7 Å². The summed E-state index contributed by atoms with van der Waals surface area (Å²) in [6.07, 6.45) is 1.82. The quantitative estimate of drug-likeness (QED) is 0.772. The molecule has 4 N–H and O–H groups in total. The van der Waals surface area contributed by atoms with Gasteiger partial charge in [0.05, 0.1) is 0 Å². The standard InChI is InChI=1S/C14H16N4O2/c1-2-4-11-8-12(18-17-11)14(20)16-10-6-3-5-9(7-10)13(15)19/h3,5-8H,2,4H2,1H3,(H2,15,19)(H,16,20)(H,17,18). The Labute approximate surface area is 116 Å². The highest BCUT2D eigenvalue weighted by atomic mass is 16.2. The summed E-state index contributed by atoms with van der Waals surface area (Å²) in [5.41, 5.74) is 7.28. The number of benzene rings is 1. The third kappa shape index (κ3) is 3.23. The van der Waals surface area contributed by atoms with E-state index in [1.54, 1.807) is 24.3 Å². The molecule has 0 spiro atoms. The van der Waals surface area contributed by atoms with Crippen LogP contribution in [0.3, 0.4) is 0 Å². The molecular weight excluding hydrogens is 256 g/mol. The van der Waals surface area contributed by atoms with E-state index in [2.05, 4.69) is 22.4 Å². The van der Waals surface area contributed by atoms with E-state index in [1.165, 1.54) is 6.07 Å². The first-order chi connectivity index (χ1) is 9.60. The maximum Gasteiger partial charge on any atom is 0.276 e. The highest BCUT2D eigenvalue weighted by molar-refractivity contribution is 6.03. The maximum absolute atomic E-state index is 12.0. The van der Waals surface area contributed by atoms with Gasteiger partial charge < -0.3 is 11.1 Å². The van der Waals surface area contributed by atoms with Crippen LogP contribution in [0.25, 0.3) is 0 Å². The molecule has 20 heavy (non-hydrogen) atoms. The average Bonchev–Trinajstić information content (AvgIpc) is 2.88. The van der Waals surface area contributed by atoms with Crippen molar-refractivity contribution in [3.8, 4) is 0 Å². The lowest BCUT2D eigenvalue weighted by atomic mass is 10.2. The Kier molecular flexibility index (Phi) is 4.14. The van der Waals surface area contributed by atoms with Crippen LogP contribution in [0.5, 0.6) is 0 Å². The first-order valence-electron chi connectivity index (χ1n) is 6.35. The molecule has 0 aliphatic carbocycles. The third-order valence-corrected chi connectivity index (χ3v) is 2.79. The van der Waals surface area contributed by atoms with Gasteiger partial charge in [0.15, 0.2) is 5.69 Å². The molecule has 1 heterocycles. The van der Waals surface area contributed by atoms with Gasteiger partial charge in [0.2, 0.25) is 5.91 Å². The summed E-state index contributed by atoms with van der Waals surface area (Å²) in [7, 11) is 0. The number of aryl methyl sites for hydroxylation is 1. The first-order valence-corrected chi connectivity index (χ1v) is 6.35. The van der Waals surface area contributed by atoms with Crippen LogP contribution in [0.2, 0.25) is 0 Å². The third-order valence-electron chi connectivity index (χ3n) is 2.79. The van der Waals surface area contributed by atoms with Crippen LogP contribution in [0.4, 0.5) is 5.69 Å². The molecule has 0 aliphatic heterocycles. The van der Waals surface area contributed by atoms with E-state index in [0.29, 0.717) is 16.9 Å². The molecular formula is C14H16N4O2. The SMILES string of the molecule is CCCc1cc(C(=O)Nc2cccc(C(N)=O)c2)n[nH]1. The van der Waals surface area contributed by atoms with Crippen molar-refractivity contribution in [2.24, 2.45) is 5.73 Å². The number of aromatic nitrogens is 2. The van der Waals surface area contributed by atoms with Gasteiger partial charge in [-0.2, -0.15) is 5.10 Å². The van der Waals surface area contributed by atoms with Gasteiger partial charge in [-0.15, -0.1) is 0 Å². The molecule has 6 heteroatoms. The molecule has 2 aromatic rings. The van der Waals surface area contributed by atoms with Crippen LogP contribution in [0.1, 0.15) is 39.9 Å².